The molecule has 0 amide bonds. The molecule has 194 valence electrons. The van der Waals surface area contributed by atoms with Gasteiger partial charge in [-0.1, -0.05) is 25.1 Å². The van der Waals surface area contributed by atoms with E-state index >= 15 is 0 Å². The monoisotopic (exact) mass is 501 g/mol. The van der Waals surface area contributed by atoms with Gasteiger partial charge in [0.2, 0.25) is 0 Å². The molecule has 3 aromatic rings. The Kier molecular flexibility index (Phi) is 7.02. The Labute approximate surface area is 218 Å². The molecule has 3 atom stereocenters. The molecule has 3 unspecified atom stereocenters. The summed E-state index contributed by atoms with van der Waals surface area (Å²) in [6.45, 7) is 9.49. The van der Waals surface area contributed by atoms with E-state index in [4.69, 9.17) is 14.2 Å². The molecule has 6 nitrogen and oxygen atoms in total. The Hall–Kier alpha value is -3.64. The average molecular weight is 502 g/mol. The highest BCUT2D eigenvalue weighted by Crippen LogP contribution is 2.48. The lowest BCUT2D eigenvalue weighted by Gasteiger charge is -2.31. The minimum atomic E-state index is -0.384. The molecule has 37 heavy (non-hydrogen) atoms. The van der Waals surface area contributed by atoms with Gasteiger partial charge in [-0.2, -0.15) is 0 Å². The van der Waals surface area contributed by atoms with E-state index in [-0.39, 0.29) is 17.6 Å². The zero-order valence-electron chi connectivity index (χ0n) is 21.9. The van der Waals surface area contributed by atoms with Crippen molar-refractivity contribution in [1.82, 2.24) is 4.90 Å². The van der Waals surface area contributed by atoms with Gasteiger partial charge < -0.3 is 24.4 Å². The second-order valence-corrected chi connectivity index (χ2v) is 10.2. The summed E-state index contributed by atoms with van der Waals surface area (Å²) in [5.74, 6) is 2.95. The number of methoxy groups -OCH3 is 1. The summed E-state index contributed by atoms with van der Waals surface area (Å²) in [6.07, 6.45) is 0.871. The minimum absolute atomic E-state index is 0.0787. The van der Waals surface area contributed by atoms with Crippen molar-refractivity contribution in [2.45, 2.75) is 39.3 Å². The molecule has 6 heteroatoms. The van der Waals surface area contributed by atoms with E-state index in [0.29, 0.717) is 24.1 Å². The van der Waals surface area contributed by atoms with Crippen molar-refractivity contribution in [3.63, 3.8) is 0 Å². The molecule has 1 saturated heterocycles. The van der Waals surface area contributed by atoms with E-state index in [0.717, 1.165) is 52.6 Å². The van der Waals surface area contributed by atoms with Crippen LogP contribution in [0.4, 0.5) is 0 Å². The number of hydrogen-bond donors (Lipinski definition) is 2. The number of aromatic hydroxyl groups is 2. The van der Waals surface area contributed by atoms with Crippen molar-refractivity contribution < 1.29 is 24.4 Å². The summed E-state index contributed by atoms with van der Waals surface area (Å²) in [5.41, 5.74) is 4.63. The molecule has 0 bridgehead atoms. The number of phenolic OH excluding ortho intramolecular Hbond substituents is 2. The Morgan fingerprint density at radius 3 is 2.54 bits per heavy atom. The summed E-state index contributed by atoms with van der Waals surface area (Å²) >= 11 is 0. The van der Waals surface area contributed by atoms with Crippen LogP contribution in [0.15, 0.2) is 60.7 Å². The average Bonchev–Trinajstić information content (AvgIpc) is 3.35. The second-order valence-electron chi connectivity index (χ2n) is 10.2. The predicted molar refractivity (Wildman–Crippen MR) is 145 cm³/mol. The minimum Gasteiger partial charge on any atom is -0.508 e. The van der Waals surface area contributed by atoms with E-state index in [1.807, 2.05) is 43.3 Å². The molecule has 5 rings (SSSR count). The smallest absolute Gasteiger partial charge is 0.161 e. The van der Waals surface area contributed by atoms with E-state index < -0.39 is 0 Å². The highest BCUT2D eigenvalue weighted by molar-refractivity contribution is 5.96. The molecule has 0 spiro atoms. The van der Waals surface area contributed by atoms with Crippen molar-refractivity contribution in [3.05, 3.63) is 77.4 Å². The van der Waals surface area contributed by atoms with Crippen LogP contribution in [-0.2, 0) is 0 Å². The molecule has 0 radical (unpaired) electrons. The zero-order valence-corrected chi connectivity index (χ0v) is 21.9. The van der Waals surface area contributed by atoms with Gasteiger partial charge in [-0.05, 0) is 91.9 Å². The van der Waals surface area contributed by atoms with Crippen molar-refractivity contribution in [2.24, 2.45) is 5.92 Å². The number of allylic oxidation sites excluding steroid dienone is 1. The standard InChI is InChI=1S/C31H35NO5/c1-19-13-14-32(17-19)20(2)18-36-25-9-5-22(6-10-25)31-30(23-7-11-27(34)29(15-23)35-4)21(3)26-16-24(33)8-12-28(26)37-31/h5-12,15-16,19-20,31,33-34H,13-14,17-18H2,1-4H3. The molecule has 2 aliphatic rings. The van der Waals surface area contributed by atoms with Crippen LogP contribution in [0.3, 0.4) is 0 Å². The largest absolute Gasteiger partial charge is 0.508 e. The number of ether oxygens (including phenoxy) is 3. The van der Waals surface area contributed by atoms with Crippen LogP contribution in [0, 0.1) is 5.92 Å². The van der Waals surface area contributed by atoms with E-state index in [2.05, 4.69) is 18.7 Å². The number of nitrogens with zero attached hydrogens (tertiary/aromatic N) is 1. The number of likely N-dealkylation sites (tertiary alicyclic amines) is 1. The van der Waals surface area contributed by atoms with Gasteiger partial charge in [-0.3, -0.25) is 4.90 Å². The molecule has 3 aromatic carbocycles. The third kappa shape index (κ3) is 5.12. The van der Waals surface area contributed by atoms with E-state index in [1.165, 1.54) is 13.5 Å². The Morgan fingerprint density at radius 1 is 1.05 bits per heavy atom. The molecule has 2 N–H and O–H groups in total. The molecule has 0 aromatic heterocycles. The number of hydrogen-bond acceptors (Lipinski definition) is 6. The van der Waals surface area contributed by atoms with Crippen LogP contribution in [0.1, 0.15) is 50.0 Å². The van der Waals surface area contributed by atoms with E-state index in [9.17, 15) is 10.2 Å². The maximum Gasteiger partial charge on any atom is 0.161 e. The second kappa shape index (κ2) is 10.4. The molecule has 0 saturated carbocycles. The van der Waals surface area contributed by atoms with Gasteiger partial charge in [0.05, 0.1) is 7.11 Å². The van der Waals surface area contributed by atoms with Crippen LogP contribution in [0.5, 0.6) is 28.7 Å². The van der Waals surface area contributed by atoms with Crippen molar-refractivity contribution in [3.8, 4) is 28.7 Å². The van der Waals surface area contributed by atoms with Crippen molar-refractivity contribution in [2.75, 3.05) is 26.8 Å². The first-order valence-electron chi connectivity index (χ1n) is 12.9. The SMILES string of the molecule is COc1cc(C2=C(C)c3cc(O)ccc3OC2c2ccc(OCC(C)N3CCC(C)C3)cc2)ccc1O. The quantitative estimate of drug-likeness (QED) is 0.397. The van der Waals surface area contributed by atoms with E-state index in [1.54, 1.807) is 24.3 Å². The van der Waals surface area contributed by atoms with Gasteiger partial charge >= 0.3 is 0 Å². The fraction of sp³-hybridized carbons (Fsp3) is 0.355. The maximum absolute atomic E-state index is 10.2. The summed E-state index contributed by atoms with van der Waals surface area (Å²) in [4.78, 5) is 2.50. The number of fused-ring (bicyclic) bond motifs is 1. The third-order valence-corrected chi connectivity index (χ3v) is 7.52. The molecule has 2 heterocycles. The van der Waals surface area contributed by atoms with Crippen LogP contribution >= 0.6 is 0 Å². The Morgan fingerprint density at radius 2 is 1.84 bits per heavy atom. The third-order valence-electron chi connectivity index (χ3n) is 7.52. The van der Waals surface area contributed by atoms with Crippen molar-refractivity contribution >= 4 is 11.1 Å². The van der Waals surface area contributed by atoms with Crippen LogP contribution < -0.4 is 14.2 Å². The van der Waals surface area contributed by atoms with Gasteiger partial charge in [-0.25, -0.2) is 0 Å². The highest BCUT2D eigenvalue weighted by atomic mass is 16.5. The normalized spacial score (nSPS) is 20.3. The number of rotatable bonds is 7. The van der Waals surface area contributed by atoms with Gasteiger partial charge in [-0.15, -0.1) is 0 Å². The maximum atomic E-state index is 10.2. The van der Waals surface area contributed by atoms with Crippen LogP contribution in [-0.4, -0.2) is 48.0 Å². The summed E-state index contributed by atoms with van der Waals surface area (Å²) in [5, 5.41) is 20.3. The number of phenols is 2. The topological polar surface area (TPSA) is 71.4 Å². The van der Waals surface area contributed by atoms with Gasteiger partial charge in [0.1, 0.15) is 30.0 Å². The van der Waals surface area contributed by atoms with Crippen LogP contribution in [0.2, 0.25) is 0 Å². The van der Waals surface area contributed by atoms with Crippen LogP contribution in [0.25, 0.3) is 11.1 Å². The lowest BCUT2D eigenvalue weighted by Crippen LogP contribution is -2.35. The van der Waals surface area contributed by atoms with Gasteiger partial charge in [0.25, 0.3) is 0 Å². The van der Waals surface area contributed by atoms with Gasteiger partial charge in [0.15, 0.2) is 11.5 Å². The first kappa shape index (κ1) is 25.0. The first-order chi connectivity index (χ1) is 17.8. The molecular formula is C31H35NO5. The first-order valence-corrected chi connectivity index (χ1v) is 12.9. The lowest BCUT2D eigenvalue weighted by molar-refractivity contribution is 0.169. The number of benzene rings is 3. The fourth-order valence-electron chi connectivity index (χ4n) is 5.32. The fourth-order valence-corrected chi connectivity index (χ4v) is 5.32. The lowest BCUT2D eigenvalue weighted by atomic mass is 9.86. The summed E-state index contributed by atoms with van der Waals surface area (Å²) in [7, 11) is 1.53. The molecular weight excluding hydrogens is 466 g/mol. The van der Waals surface area contributed by atoms with Gasteiger partial charge in [0, 0.05) is 23.7 Å². The molecule has 1 fully saturated rings. The predicted octanol–water partition coefficient (Wildman–Crippen LogP) is 6.28. The summed E-state index contributed by atoms with van der Waals surface area (Å²) in [6, 6.07) is 18.9. The van der Waals surface area contributed by atoms with Crippen molar-refractivity contribution in [1.29, 1.82) is 0 Å². The Balaban J connectivity index is 1.43. The highest BCUT2D eigenvalue weighted by Gasteiger charge is 2.30. The molecule has 2 aliphatic heterocycles. The molecule has 0 aliphatic carbocycles. The Bertz CT molecular complexity index is 1300. The summed E-state index contributed by atoms with van der Waals surface area (Å²) < 4.78 is 18.0. The zero-order chi connectivity index (χ0) is 26.1.